The van der Waals surface area contributed by atoms with Crippen LogP contribution in [-0.2, 0) is 23.8 Å². The van der Waals surface area contributed by atoms with Crippen molar-refractivity contribution >= 4 is 29.4 Å². The first-order valence-electron chi connectivity index (χ1n) is 9.27. The number of alkyl halides is 2. The molecule has 0 bridgehead atoms. The van der Waals surface area contributed by atoms with Gasteiger partial charge in [0.15, 0.2) is 24.1 Å². The van der Waals surface area contributed by atoms with Gasteiger partial charge in [-0.05, 0) is 6.08 Å². The number of hydrogen-bond acceptors (Lipinski definition) is 8. The maximum Gasteiger partial charge on any atom is 0.308 e. The molecule has 2 aliphatic rings. The largest absolute Gasteiger partial charge is 0.462 e. The number of aliphatic imine (C=N–C) groups is 1. The van der Waals surface area contributed by atoms with Gasteiger partial charge in [-0.2, -0.15) is 0 Å². The maximum atomic E-state index is 15.5. The fourth-order valence-corrected chi connectivity index (χ4v) is 3.09. The second-order valence-electron chi connectivity index (χ2n) is 7.60. The SMILES string of the molecule is C=C1N=C(N)C=CN1[C@@H]1O[C@](CCl)(COC(=O)C(C)C)[C@@H](OC(=O)C(C)C)[C@H]1F. The Balaban J connectivity index is 2.34. The van der Waals surface area contributed by atoms with E-state index in [4.69, 9.17) is 31.5 Å². The van der Waals surface area contributed by atoms with Crippen molar-refractivity contribution in [1.29, 1.82) is 0 Å². The molecule has 0 amide bonds. The van der Waals surface area contributed by atoms with Crippen LogP contribution < -0.4 is 5.73 Å². The van der Waals surface area contributed by atoms with Crippen molar-refractivity contribution in [2.75, 3.05) is 12.5 Å². The number of ether oxygens (including phenoxy) is 3. The Labute approximate surface area is 174 Å². The third-order valence-corrected chi connectivity index (χ3v) is 5.00. The Morgan fingerprint density at radius 3 is 2.52 bits per heavy atom. The summed E-state index contributed by atoms with van der Waals surface area (Å²) < 4.78 is 32.1. The van der Waals surface area contributed by atoms with Gasteiger partial charge in [0.2, 0.25) is 0 Å². The molecule has 2 aliphatic heterocycles. The number of amidine groups is 1. The van der Waals surface area contributed by atoms with Gasteiger partial charge >= 0.3 is 11.9 Å². The van der Waals surface area contributed by atoms with E-state index in [0.29, 0.717) is 0 Å². The molecule has 0 spiro atoms. The smallest absolute Gasteiger partial charge is 0.308 e. The number of carbonyl (C=O) groups excluding carboxylic acids is 2. The molecule has 4 atom stereocenters. The number of nitrogens with two attached hydrogens (primary N) is 1. The van der Waals surface area contributed by atoms with Gasteiger partial charge in [-0.1, -0.05) is 34.3 Å². The monoisotopic (exact) mass is 431 g/mol. The second kappa shape index (κ2) is 9.13. The number of hydrogen-bond donors (Lipinski definition) is 1. The zero-order chi connectivity index (χ0) is 21.9. The van der Waals surface area contributed by atoms with Crippen LogP contribution in [0.2, 0.25) is 0 Å². The molecule has 0 unspecified atom stereocenters. The van der Waals surface area contributed by atoms with Gasteiger partial charge in [0.05, 0.1) is 17.7 Å². The topological polar surface area (TPSA) is 103 Å². The van der Waals surface area contributed by atoms with Crippen LogP contribution in [-0.4, -0.2) is 59.3 Å². The lowest BCUT2D eigenvalue weighted by molar-refractivity contribution is -0.178. The van der Waals surface area contributed by atoms with Crippen LogP contribution in [0.5, 0.6) is 0 Å². The van der Waals surface area contributed by atoms with Gasteiger partial charge in [-0.25, -0.2) is 9.38 Å². The number of carbonyl (C=O) groups is 2. The van der Waals surface area contributed by atoms with Crippen molar-refractivity contribution in [2.24, 2.45) is 22.6 Å². The molecule has 2 heterocycles. The third kappa shape index (κ3) is 4.90. The minimum absolute atomic E-state index is 0.149. The Hall–Kier alpha value is -2.13. The Kier molecular flexibility index (Phi) is 7.29. The Morgan fingerprint density at radius 2 is 2.00 bits per heavy atom. The summed E-state index contributed by atoms with van der Waals surface area (Å²) in [5.74, 6) is -1.96. The Bertz CT molecular complexity index is 727. The van der Waals surface area contributed by atoms with Crippen LogP contribution in [0.3, 0.4) is 0 Å². The molecule has 2 rings (SSSR count). The molecule has 8 nitrogen and oxygen atoms in total. The minimum Gasteiger partial charge on any atom is -0.462 e. The summed E-state index contributed by atoms with van der Waals surface area (Å²) in [5.41, 5.74) is 4.05. The number of rotatable bonds is 7. The molecule has 0 aromatic carbocycles. The fraction of sp³-hybridized carbons (Fsp3) is 0.632. The summed E-state index contributed by atoms with van der Waals surface area (Å²) in [5, 5.41) is 0. The lowest BCUT2D eigenvalue weighted by atomic mass is 9.98. The van der Waals surface area contributed by atoms with Crippen LogP contribution in [0, 0.1) is 11.8 Å². The highest BCUT2D eigenvalue weighted by Gasteiger charge is 2.60. The molecule has 29 heavy (non-hydrogen) atoms. The highest BCUT2D eigenvalue weighted by Crippen LogP contribution is 2.40. The van der Waals surface area contributed by atoms with Crippen LogP contribution in [0.15, 0.2) is 29.7 Å². The highest BCUT2D eigenvalue weighted by molar-refractivity contribution is 6.18. The summed E-state index contributed by atoms with van der Waals surface area (Å²) in [6, 6.07) is 0. The normalized spacial score (nSPS) is 29.4. The molecule has 162 valence electrons. The van der Waals surface area contributed by atoms with Crippen LogP contribution in [0.4, 0.5) is 4.39 Å². The molecule has 0 aliphatic carbocycles. The molecule has 10 heteroatoms. The first-order valence-corrected chi connectivity index (χ1v) is 9.80. The average molecular weight is 432 g/mol. The van der Waals surface area contributed by atoms with E-state index >= 15 is 4.39 Å². The minimum atomic E-state index is -1.81. The van der Waals surface area contributed by atoms with Gasteiger partial charge in [0.1, 0.15) is 18.3 Å². The van der Waals surface area contributed by atoms with Gasteiger partial charge < -0.3 is 24.8 Å². The second-order valence-corrected chi connectivity index (χ2v) is 7.87. The molecule has 0 aromatic heterocycles. The molecule has 0 aromatic rings. The molecule has 1 saturated heterocycles. The van der Waals surface area contributed by atoms with Gasteiger partial charge in [0, 0.05) is 6.20 Å². The molecule has 1 fully saturated rings. The lowest BCUT2D eigenvalue weighted by Crippen LogP contribution is -2.51. The number of halogens is 2. The molecule has 2 N–H and O–H groups in total. The summed E-state index contributed by atoms with van der Waals surface area (Å²) in [7, 11) is 0. The van der Waals surface area contributed by atoms with E-state index in [-0.39, 0.29) is 24.1 Å². The van der Waals surface area contributed by atoms with Crippen molar-refractivity contribution in [3.63, 3.8) is 0 Å². The predicted molar refractivity (Wildman–Crippen MR) is 105 cm³/mol. The van der Waals surface area contributed by atoms with Crippen LogP contribution in [0.1, 0.15) is 27.7 Å². The predicted octanol–water partition coefficient (Wildman–Crippen LogP) is 2.08. The molecule has 0 radical (unpaired) electrons. The summed E-state index contributed by atoms with van der Waals surface area (Å²) >= 11 is 6.13. The van der Waals surface area contributed by atoms with E-state index in [1.54, 1.807) is 27.7 Å². The van der Waals surface area contributed by atoms with E-state index in [2.05, 4.69) is 11.6 Å². The van der Waals surface area contributed by atoms with Crippen LogP contribution >= 0.6 is 11.6 Å². The summed E-state index contributed by atoms with van der Waals surface area (Å²) in [6.45, 7) is 9.93. The quantitative estimate of drug-likeness (QED) is 0.486. The molecule has 0 saturated carbocycles. The summed E-state index contributed by atoms with van der Waals surface area (Å²) in [4.78, 5) is 29.5. The van der Waals surface area contributed by atoms with Crippen LogP contribution in [0.25, 0.3) is 0 Å². The van der Waals surface area contributed by atoms with E-state index in [9.17, 15) is 9.59 Å². The van der Waals surface area contributed by atoms with Crippen molar-refractivity contribution in [1.82, 2.24) is 4.90 Å². The summed E-state index contributed by atoms with van der Waals surface area (Å²) in [6.07, 6.45) is -1.54. The van der Waals surface area contributed by atoms with E-state index in [1.807, 2.05) is 0 Å². The van der Waals surface area contributed by atoms with Gasteiger partial charge in [-0.3, -0.25) is 9.59 Å². The third-order valence-electron chi connectivity index (χ3n) is 4.54. The van der Waals surface area contributed by atoms with Crippen molar-refractivity contribution in [3.8, 4) is 0 Å². The van der Waals surface area contributed by atoms with Crippen molar-refractivity contribution < 1.29 is 28.2 Å². The number of esters is 2. The van der Waals surface area contributed by atoms with Gasteiger partial charge in [0.25, 0.3) is 0 Å². The first-order chi connectivity index (χ1) is 13.5. The van der Waals surface area contributed by atoms with Crippen molar-refractivity contribution in [2.45, 2.75) is 51.8 Å². The zero-order valence-corrected chi connectivity index (χ0v) is 17.7. The molecular weight excluding hydrogens is 405 g/mol. The maximum absolute atomic E-state index is 15.5. The fourth-order valence-electron chi connectivity index (χ4n) is 2.80. The average Bonchev–Trinajstić information content (AvgIpc) is 2.92. The first kappa shape index (κ1) is 23.2. The van der Waals surface area contributed by atoms with E-state index in [0.717, 1.165) is 0 Å². The number of nitrogens with zero attached hydrogens (tertiary/aromatic N) is 2. The van der Waals surface area contributed by atoms with E-state index in [1.165, 1.54) is 17.2 Å². The highest BCUT2D eigenvalue weighted by atomic mass is 35.5. The lowest BCUT2D eigenvalue weighted by Gasteiger charge is -2.33. The standard InChI is InChI=1S/C19H27ClFN3O5/c1-10(2)17(25)27-9-19(8-20)15(28-18(26)11(3)4)14(21)16(29-19)24-7-6-13(22)23-12(24)5/h6-7,10-11,14-16H,5,8-9H2,1-4H3,(H2,22,23)/t14-,15+,16-,19-/m1/s1. The molecular formula is C19H27ClFN3O5. The van der Waals surface area contributed by atoms with Gasteiger partial charge in [-0.15, -0.1) is 11.6 Å². The Morgan fingerprint density at radius 1 is 1.38 bits per heavy atom. The van der Waals surface area contributed by atoms with E-state index < -0.39 is 47.9 Å². The van der Waals surface area contributed by atoms with Crippen molar-refractivity contribution in [3.05, 3.63) is 24.7 Å². The zero-order valence-electron chi connectivity index (χ0n) is 16.9.